The van der Waals surface area contributed by atoms with Crippen molar-refractivity contribution >= 4 is 49.4 Å². The molecular formula is C11H12ClN3O2S3. The molecule has 20 heavy (non-hydrogen) atoms. The third-order valence-corrected chi connectivity index (χ3v) is 7.09. The summed E-state index contributed by atoms with van der Waals surface area (Å²) in [6, 6.07) is 3.03. The molecule has 1 aliphatic rings. The van der Waals surface area contributed by atoms with E-state index in [1.54, 1.807) is 23.6 Å². The molecule has 1 fully saturated rings. The zero-order valence-electron chi connectivity index (χ0n) is 10.3. The highest BCUT2D eigenvalue weighted by atomic mass is 35.5. The van der Waals surface area contributed by atoms with Gasteiger partial charge in [-0.3, -0.25) is 0 Å². The Balaban J connectivity index is 1.67. The summed E-state index contributed by atoms with van der Waals surface area (Å²) in [6.45, 7) is 1.46. The molecule has 0 aromatic carbocycles. The second-order valence-corrected chi connectivity index (χ2v) is 8.96. The fourth-order valence-electron chi connectivity index (χ4n) is 2.12. The Hall–Kier alpha value is -0.670. The minimum atomic E-state index is -3.47. The van der Waals surface area contributed by atoms with E-state index in [1.165, 1.54) is 6.07 Å². The zero-order valence-corrected chi connectivity index (χ0v) is 13.5. The molecule has 3 rings (SSSR count). The molecule has 1 saturated heterocycles. The van der Waals surface area contributed by atoms with Crippen molar-refractivity contribution in [1.29, 1.82) is 0 Å². The Labute approximate surface area is 130 Å². The number of nitrogens with one attached hydrogen (secondary N) is 1. The van der Waals surface area contributed by atoms with Gasteiger partial charge in [0.1, 0.15) is 4.21 Å². The quantitative estimate of drug-likeness (QED) is 0.920. The number of rotatable bonds is 4. The number of nitrogens with zero attached hydrogens (tertiary/aromatic N) is 2. The third-order valence-electron chi connectivity index (χ3n) is 3.01. The van der Waals surface area contributed by atoms with Crippen LogP contribution in [0.5, 0.6) is 0 Å². The highest BCUT2D eigenvalue weighted by molar-refractivity contribution is 7.91. The van der Waals surface area contributed by atoms with E-state index >= 15 is 0 Å². The Morgan fingerprint density at radius 3 is 2.95 bits per heavy atom. The second kappa shape index (κ2) is 5.61. The van der Waals surface area contributed by atoms with Gasteiger partial charge in [-0.25, -0.2) is 18.1 Å². The molecule has 0 spiro atoms. The van der Waals surface area contributed by atoms with Gasteiger partial charge in [0.05, 0.1) is 4.34 Å². The first kappa shape index (κ1) is 14.3. The van der Waals surface area contributed by atoms with E-state index in [9.17, 15) is 8.42 Å². The van der Waals surface area contributed by atoms with Crippen LogP contribution in [0, 0.1) is 0 Å². The number of sulfonamides is 1. The Kier molecular flexibility index (Phi) is 4.00. The first-order chi connectivity index (χ1) is 9.54. The van der Waals surface area contributed by atoms with Crippen molar-refractivity contribution in [3.63, 3.8) is 0 Å². The highest BCUT2D eigenvalue weighted by Crippen LogP contribution is 2.27. The molecule has 2 aromatic rings. The van der Waals surface area contributed by atoms with Crippen LogP contribution >= 0.6 is 34.3 Å². The summed E-state index contributed by atoms with van der Waals surface area (Å²) in [5, 5.41) is 2.85. The summed E-state index contributed by atoms with van der Waals surface area (Å²) in [4.78, 5) is 6.34. The van der Waals surface area contributed by atoms with Gasteiger partial charge in [0.15, 0.2) is 5.13 Å². The molecule has 5 nitrogen and oxygen atoms in total. The van der Waals surface area contributed by atoms with Gasteiger partial charge >= 0.3 is 0 Å². The molecule has 1 atom stereocenters. The minimum absolute atomic E-state index is 0.0928. The molecule has 2 aromatic heterocycles. The molecule has 108 valence electrons. The Morgan fingerprint density at radius 1 is 1.45 bits per heavy atom. The number of thiophene rings is 1. The average Bonchev–Trinajstić information content (AvgIpc) is 3.06. The van der Waals surface area contributed by atoms with Crippen LogP contribution in [0.15, 0.2) is 27.9 Å². The summed E-state index contributed by atoms with van der Waals surface area (Å²) < 4.78 is 27.9. The van der Waals surface area contributed by atoms with E-state index in [1.807, 2.05) is 5.38 Å². The molecule has 1 aliphatic heterocycles. The van der Waals surface area contributed by atoms with Crippen molar-refractivity contribution in [3.8, 4) is 0 Å². The van der Waals surface area contributed by atoms with Crippen LogP contribution in [0.4, 0.5) is 5.13 Å². The number of anilines is 1. The number of thiazole rings is 1. The van der Waals surface area contributed by atoms with E-state index in [-0.39, 0.29) is 10.3 Å². The first-order valence-corrected chi connectivity index (χ1v) is 9.52. The van der Waals surface area contributed by atoms with Gasteiger partial charge in [-0.2, -0.15) is 0 Å². The smallest absolute Gasteiger partial charge is 0.250 e. The number of aromatic nitrogens is 1. The van der Waals surface area contributed by atoms with Crippen molar-refractivity contribution in [2.45, 2.75) is 16.7 Å². The normalized spacial score (nSPS) is 19.6. The average molecular weight is 350 g/mol. The summed E-state index contributed by atoms with van der Waals surface area (Å²) in [5.74, 6) is 0. The van der Waals surface area contributed by atoms with Crippen LogP contribution in [0.25, 0.3) is 0 Å². The lowest BCUT2D eigenvalue weighted by Crippen LogP contribution is -2.36. The first-order valence-electron chi connectivity index (χ1n) is 5.97. The van der Waals surface area contributed by atoms with E-state index in [2.05, 4.69) is 14.6 Å². The van der Waals surface area contributed by atoms with Crippen LogP contribution in [0.1, 0.15) is 6.42 Å². The monoisotopic (exact) mass is 349 g/mol. The molecule has 0 amide bonds. The Morgan fingerprint density at radius 2 is 2.30 bits per heavy atom. The van der Waals surface area contributed by atoms with E-state index in [0.29, 0.717) is 10.9 Å². The van der Waals surface area contributed by atoms with Crippen molar-refractivity contribution in [2.75, 3.05) is 18.0 Å². The van der Waals surface area contributed by atoms with Crippen LogP contribution in [-0.2, 0) is 10.0 Å². The number of hydrogen-bond acceptors (Lipinski definition) is 6. The lowest BCUT2D eigenvalue weighted by Gasteiger charge is -2.15. The lowest BCUT2D eigenvalue weighted by atomic mass is 10.3. The standard InChI is InChI=1S/C11H12ClN3O2S3/c12-9-1-2-10(19-9)20(16,17)14-8-3-5-15(7-8)11-13-4-6-18-11/h1-2,4,6,8,14H,3,5,7H2/t8-/m0/s1. The fourth-order valence-corrected chi connectivity index (χ4v) is 5.56. The van der Waals surface area contributed by atoms with Crippen LogP contribution in [0.2, 0.25) is 4.34 Å². The van der Waals surface area contributed by atoms with Gasteiger partial charge < -0.3 is 4.90 Å². The number of hydrogen-bond donors (Lipinski definition) is 1. The van der Waals surface area contributed by atoms with Gasteiger partial charge in [-0.05, 0) is 18.6 Å². The molecule has 1 N–H and O–H groups in total. The summed E-state index contributed by atoms with van der Waals surface area (Å²) in [7, 11) is -3.47. The summed E-state index contributed by atoms with van der Waals surface area (Å²) in [5.41, 5.74) is 0. The SMILES string of the molecule is O=S(=O)(N[C@H]1CCN(c2nccs2)C1)c1ccc(Cl)s1. The maximum absolute atomic E-state index is 12.2. The van der Waals surface area contributed by atoms with E-state index in [0.717, 1.165) is 29.4 Å². The van der Waals surface area contributed by atoms with Crippen molar-refractivity contribution in [3.05, 3.63) is 28.0 Å². The van der Waals surface area contributed by atoms with Gasteiger partial charge in [0, 0.05) is 30.7 Å². The molecule has 0 aliphatic carbocycles. The van der Waals surface area contributed by atoms with Gasteiger partial charge in [-0.1, -0.05) is 11.6 Å². The van der Waals surface area contributed by atoms with Crippen LogP contribution in [-0.4, -0.2) is 32.5 Å². The Bertz CT molecular complexity index is 684. The maximum atomic E-state index is 12.2. The molecule has 3 heterocycles. The topological polar surface area (TPSA) is 62.3 Å². The summed E-state index contributed by atoms with van der Waals surface area (Å²) >= 11 is 8.41. The van der Waals surface area contributed by atoms with E-state index in [4.69, 9.17) is 11.6 Å². The van der Waals surface area contributed by atoms with Gasteiger partial charge in [-0.15, -0.1) is 22.7 Å². The molecular weight excluding hydrogens is 338 g/mol. The van der Waals surface area contributed by atoms with Crippen molar-refractivity contribution in [1.82, 2.24) is 9.71 Å². The van der Waals surface area contributed by atoms with Crippen molar-refractivity contribution < 1.29 is 8.42 Å². The predicted molar refractivity (Wildman–Crippen MR) is 82.4 cm³/mol. The van der Waals surface area contributed by atoms with Gasteiger partial charge in [0.25, 0.3) is 0 Å². The summed E-state index contributed by atoms with van der Waals surface area (Å²) in [6.07, 6.45) is 2.53. The molecule has 0 unspecified atom stereocenters. The molecule has 0 saturated carbocycles. The van der Waals surface area contributed by atoms with Crippen molar-refractivity contribution in [2.24, 2.45) is 0 Å². The fraction of sp³-hybridized carbons (Fsp3) is 0.364. The second-order valence-electron chi connectivity index (χ2n) is 4.43. The third kappa shape index (κ3) is 2.99. The van der Waals surface area contributed by atoms with Crippen LogP contribution in [0.3, 0.4) is 0 Å². The van der Waals surface area contributed by atoms with Gasteiger partial charge in [0.2, 0.25) is 10.0 Å². The zero-order chi connectivity index (χ0) is 14.2. The molecule has 0 radical (unpaired) electrons. The highest BCUT2D eigenvalue weighted by Gasteiger charge is 2.29. The number of halogens is 1. The minimum Gasteiger partial charge on any atom is -0.346 e. The maximum Gasteiger partial charge on any atom is 0.250 e. The molecule has 9 heteroatoms. The predicted octanol–water partition coefficient (Wildman–Crippen LogP) is 2.42. The van der Waals surface area contributed by atoms with Crippen LogP contribution < -0.4 is 9.62 Å². The largest absolute Gasteiger partial charge is 0.346 e. The lowest BCUT2D eigenvalue weighted by molar-refractivity contribution is 0.563. The van der Waals surface area contributed by atoms with E-state index < -0.39 is 10.0 Å². The molecule has 0 bridgehead atoms.